The van der Waals surface area contributed by atoms with Gasteiger partial charge in [0, 0.05) is 16.9 Å². The van der Waals surface area contributed by atoms with E-state index in [4.69, 9.17) is 5.26 Å². The van der Waals surface area contributed by atoms with Crippen LogP contribution in [-0.4, -0.2) is 19.0 Å². The standard InChI is InChI=1S/C13H17BrN2/c1-10-6-7-11(14)9-12(10)13(16(2)3)5-4-8-15/h6-7,9,13H,4-5H2,1-3H3. The molecule has 0 spiro atoms. The number of aryl methyl sites for hydroxylation is 1. The average molecular weight is 281 g/mol. The molecule has 1 aromatic rings. The molecule has 0 saturated carbocycles. The van der Waals surface area contributed by atoms with E-state index in [2.05, 4.69) is 66.1 Å². The van der Waals surface area contributed by atoms with Crippen molar-refractivity contribution in [3.05, 3.63) is 33.8 Å². The van der Waals surface area contributed by atoms with Crippen LogP contribution in [0, 0.1) is 18.3 Å². The van der Waals surface area contributed by atoms with Gasteiger partial charge in [-0.05, 0) is 50.7 Å². The van der Waals surface area contributed by atoms with Gasteiger partial charge < -0.3 is 4.90 Å². The monoisotopic (exact) mass is 280 g/mol. The zero-order chi connectivity index (χ0) is 12.1. The lowest BCUT2D eigenvalue weighted by molar-refractivity contribution is 0.285. The minimum absolute atomic E-state index is 0.317. The lowest BCUT2D eigenvalue weighted by Gasteiger charge is -2.25. The Morgan fingerprint density at radius 2 is 2.12 bits per heavy atom. The van der Waals surface area contributed by atoms with Crippen LogP contribution >= 0.6 is 15.9 Å². The van der Waals surface area contributed by atoms with Crippen LogP contribution in [0.2, 0.25) is 0 Å². The van der Waals surface area contributed by atoms with Gasteiger partial charge in [0.15, 0.2) is 0 Å². The second-order valence-electron chi connectivity index (χ2n) is 4.18. The molecule has 16 heavy (non-hydrogen) atoms. The van der Waals surface area contributed by atoms with Crippen LogP contribution in [0.15, 0.2) is 22.7 Å². The lowest BCUT2D eigenvalue weighted by Crippen LogP contribution is -2.20. The van der Waals surface area contributed by atoms with E-state index in [1.54, 1.807) is 0 Å². The van der Waals surface area contributed by atoms with E-state index in [0.717, 1.165) is 10.9 Å². The Morgan fingerprint density at radius 1 is 1.44 bits per heavy atom. The van der Waals surface area contributed by atoms with Crippen LogP contribution in [0.5, 0.6) is 0 Å². The molecule has 1 rings (SSSR count). The van der Waals surface area contributed by atoms with Gasteiger partial charge in [0.05, 0.1) is 6.07 Å². The van der Waals surface area contributed by atoms with Gasteiger partial charge >= 0.3 is 0 Å². The van der Waals surface area contributed by atoms with Gasteiger partial charge in [-0.3, -0.25) is 0 Å². The maximum Gasteiger partial charge on any atom is 0.0622 e. The van der Waals surface area contributed by atoms with Crippen molar-refractivity contribution < 1.29 is 0 Å². The Morgan fingerprint density at radius 3 is 2.69 bits per heavy atom. The first-order chi connectivity index (χ1) is 7.56. The molecule has 0 aliphatic heterocycles. The molecular formula is C13H17BrN2. The topological polar surface area (TPSA) is 27.0 Å². The van der Waals surface area contributed by atoms with Gasteiger partial charge in [0.25, 0.3) is 0 Å². The van der Waals surface area contributed by atoms with Gasteiger partial charge in [-0.15, -0.1) is 0 Å². The molecule has 0 amide bonds. The van der Waals surface area contributed by atoms with Gasteiger partial charge in [0.2, 0.25) is 0 Å². The van der Waals surface area contributed by atoms with Crippen LogP contribution in [0.4, 0.5) is 0 Å². The summed E-state index contributed by atoms with van der Waals surface area (Å²) < 4.78 is 1.09. The van der Waals surface area contributed by atoms with Crippen LogP contribution in [0.1, 0.15) is 30.0 Å². The SMILES string of the molecule is Cc1ccc(Br)cc1C(CCC#N)N(C)C. The van der Waals surface area contributed by atoms with Gasteiger partial charge in [0.1, 0.15) is 0 Å². The number of rotatable bonds is 4. The zero-order valence-corrected chi connectivity index (χ0v) is 11.6. The molecule has 3 heteroatoms. The smallest absolute Gasteiger partial charge is 0.0622 e. The predicted molar refractivity (Wildman–Crippen MR) is 70.2 cm³/mol. The number of benzene rings is 1. The molecule has 86 valence electrons. The molecule has 2 nitrogen and oxygen atoms in total. The molecule has 0 aliphatic carbocycles. The molecule has 0 radical (unpaired) electrons. The van der Waals surface area contributed by atoms with E-state index in [0.29, 0.717) is 12.5 Å². The van der Waals surface area contributed by atoms with E-state index in [1.807, 2.05) is 0 Å². The fourth-order valence-electron chi connectivity index (χ4n) is 1.86. The Hall–Kier alpha value is -0.850. The van der Waals surface area contributed by atoms with E-state index >= 15 is 0 Å². The third kappa shape index (κ3) is 3.33. The van der Waals surface area contributed by atoms with Crippen molar-refractivity contribution in [1.29, 1.82) is 5.26 Å². The first-order valence-electron chi connectivity index (χ1n) is 5.35. The Kier molecular flexibility index (Phi) is 4.98. The van der Waals surface area contributed by atoms with Crippen molar-refractivity contribution in [2.24, 2.45) is 0 Å². The lowest BCUT2D eigenvalue weighted by atomic mass is 9.97. The summed E-state index contributed by atoms with van der Waals surface area (Å²) >= 11 is 3.50. The van der Waals surface area contributed by atoms with Crippen molar-refractivity contribution in [2.75, 3.05) is 14.1 Å². The summed E-state index contributed by atoms with van der Waals surface area (Å²) in [5, 5.41) is 8.69. The summed E-state index contributed by atoms with van der Waals surface area (Å²) in [6.07, 6.45) is 1.47. The van der Waals surface area contributed by atoms with E-state index in [9.17, 15) is 0 Å². The molecule has 0 aliphatic rings. The highest BCUT2D eigenvalue weighted by atomic mass is 79.9. The third-order valence-corrected chi connectivity index (χ3v) is 3.25. The first-order valence-corrected chi connectivity index (χ1v) is 6.15. The highest BCUT2D eigenvalue weighted by Crippen LogP contribution is 2.28. The molecule has 0 N–H and O–H groups in total. The highest BCUT2D eigenvalue weighted by molar-refractivity contribution is 9.10. The predicted octanol–water partition coefficient (Wildman–Crippen LogP) is 3.66. The second-order valence-corrected chi connectivity index (χ2v) is 5.09. The molecular weight excluding hydrogens is 264 g/mol. The van der Waals surface area contributed by atoms with Crippen LogP contribution in [0.25, 0.3) is 0 Å². The normalized spacial score (nSPS) is 12.5. The Balaban J connectivity index is 3.01. The zero-order valence-electron chi connectivity index (χ0n) is 10.00. The summed E-state index contributed by atoms with van der Waals surface area (Å²) in [5.41, 5.74) is 2.58. The van der Waals surface area contributed by atoms with E-state index in [-0.39, 0.29) is 0 Å². The minimum Gasteiger partial charge on any atom is -0.302 e. The van der Waals surface area contributed by atoms with Gasteiger partial charge in [-0.2, -0.15) is 5.26 Å². The quantitative estimate of drug-likeness (QED) is 0.842. The maximum atomic E-state index is 8.69. The van der Waals surface area contributed by atoms with Crippen LogP contribution in [0.3, 0.4) is 0 Å². The summed E-state index contributed by atoms with van der Waals surface area (Å²) in [4.78, 5) is 2.17. The number of nitrogens with zero attached hydrogens (tertiary/aromatic N) is 2. The van der Waals surface area contributed by atoms with Crippen molar-refractivity contribution in [3.63, 3.8) is 0 Å². The molecule has 0 saturated heterocycles. The van der Waals surface area contributed by atoms with Gasteiger partial charge in [-0.1, -0.05) is 22.0 Å². The summed E-state index contributed by atoms with van der Waals surface area (Å²) in [7, 11) is 4.12. The molecule has 0 heterocycles. The maximum absolute atomic E-state index is 8.69. The number of hydrogen-bond donors (Lipinski definition) is 0. The molecule has 0 fully saturated rings. The molecule has 1 aromatic carbocycles. The molecule has 1 atom stereocenters. The highest BCUT2D eigenvalue weighted by Gasteiger charge is 2.15. The number of nitriles is 1. The fraction of sp³-hybridized carbons (Fsp3) is 0.462. The van der Waals surface area contributed by atoms with E-state index in [1.165, 1.54) is 11.1 Å². The molecule has 0 bridgehead atoms. The molecule has 0 aromatic heterocycles. The van der Waals surface area contributed by atoms with Crippen molar-refractivity contribution in [1.82, 2.24) is 4.90 Å². The molecule has 1 unspecified atom stereocenters. The van der Waals surface area contributed by atoms with Crippen LogP contribution in [-0.2, 0) is 0 Å². The fourth-order valence-corrected chi connectivity index (χ4v) is 2.24. The minimum atomic E-state index is 0.317. The van der Waals surface area contributed by atoms with Crippen LogP contribution < -0.4 is 0 Å². The number of hydrogen-bond acceptors (Lipinski definition) is 2. The van der Waals surface area contributed by atoms with Crippen molar-refractivity contribution in [2.45, 2.75) is 25.8 Å². The Bertz CT molecular complexity index is 393. The largest absolute Gasteiger partial charge is 0.302 e. The van der Waals surface area contributed by atoms with Crippen molar-refractivity contribution >= 4 is 15.9 Å². The third-order valence-electron chi connectivity index (χ3n) is 2.75. The summed E-state index contributed by atoms with van der Waals surface area (Å²) in [6, 6.07) is 8.85. The summed E-state index contributed by atoms with van der Waals surface area (Å²) in [5.74, 6) is 0. The van der Waals surface area contributed by atoms with Crippen molar-refractivity contribution in [3.8, 4) is 6.07 Å². The average Bonchev–Trinajstić information content (AvgIpc) is 2.23. The second kappa shape index (κ2) is 6.03. The first kappa shape index (κ1) is 13.2. The number of halogens is 1. The summed E-state index contributed by atoms with van der Waals surface area (Å²) in [6.45, 7) is 2.12. The van der Waals surface area contributed by atoms with E-state index < -0.39 is 0 Å². The van der Waals surface area contributed by atoms with Gasteiger partial charge in [-0.25, -0.2) is 0 Å². The Labute approximate surface area is 106 Å².